The fourth-order valence-corrected chi connectivity index (χ4v) is 1.25. The van der Waals surface area contributed by atoms with Crippen molar-refractivity contribution in [2.75, 3.05) is 7.11 Å². The van der Waals surface area contributed by atoms with Crippen LogP contribution in [-0.2, 0) is 9.53 Å². The molecule has 0 rings (SSSR count). The number of carbonyl (C=O) groups excluding carboxylic acids is 1. The van der Waals surface area contributed by atoms with Crippen LogP contribution in [0.4, 0.5) is 0 Å². The van der Waals surface area contributed by atoms with Gasteiger partial charge in [0.1, 0.15) is 0 Å². The number of hydrogen-bond donors (Lipinski definition) is 1. The minimum atomic E-state index is -0.306. The van der Waals surface area contributed by atoms with Gasteiger partial charge >= 0.3 is 0 Å². The molecule has 0 saturated heterocycles. The van der Waals surface area contributed by atoms with Gasteiger partial charge < -0.3 is 10.1 Å². The van der Waals surface area contributed by atoms with Crippen LogP contribution in [0.15, 0.2) is 0 Å². The summed E-state index contributed by atoms with van der Waals surface area (Å²) in [7, 11) is 1.67. The summed E-state index contributed by atoms with van der Waals surface area (Å²) in [5, 5.41) is 2.99. The van der Waals surface area contributed by atoms with Crippen molar-refractivity contribution in [2.45, 2.75) is 52.7 Å². The van der Waals surface area contributed by atoms with Crippen LogP contribution in [0.5, 0.6) is 0 Å². The molecule has 0 heterocycles. The van der Waals surface area contributed by atoms with Gasteiger partial charge in [-0.15, -0.1) is 0 Å². The normalized spacial score (nSPS) is 14.2. The summed E-state index contributed by atoms with van der Waals surface area (Å²) in [4.78, 5) is 11.5. The number of rotatable bonds is 5. The van der Waals surface area contributed by atoms with Gasteiger partial charge in [-0.2, -0.15) is 0 Å². The van der Waals surface area contributed by atoms with Crippen molar-refractivity contribution >= 4 is 5.91 Å². The highest BCUT2D eigenvalue weighted by Crippen LogP contribution is 2.16. The van der Waals surface area contributed by atoms with Gasteiger partial charge in [-0.25, -0.2) is 0 Å². The van der Waals surface area contributed by atoms with Gasteiger partial charge in [0.25, 0.3) is 0 Å². The summed E-state index contributed by atoms with van der Waals surface area (Å²) in [6.07, 6.45) is 0.874. The first-order valence-corrected chi connectivity index (χ1v) is 5.20. The van der Waals surface area contributed by atoms with Crippen molar-refractivity contribution in [3.63, 3.8) is 0 Å². The molecule has 3 nitrogen and oxygen atoms in total. The number of hydrogen-bond acceptors (Lipinski definition) is 2. The van der Waals surface area contributed by atoms with Crippen molar-refractivity contribution < 1.29 is 9.53 Å². The standard InChI is InChI=1S/C11H23NO2/c1-7-9(11(4,5)14-6)12-10(13)8(2)3/h8-9H,7H2,1-6H3,(H,12,13)/t9-/m1/s1. The third-order valence-electron chi connectivity index (χ3n) is 2.61. The van der Waals surface area contributed by atoms with Crippen LogP contribution in [0.2, 0.25) is 0 Å². The van der Waals surface area contributed by atoms with E-state index < -0.39 is 0 Å². The minimum Gasteiger partial charge on any atom is -0.377 e. The van der Waals surface area contributed by atoms with Gasteiger partial charge in [0.15, 0.2) is 0 Å². The molecule has 1 atom stereocenters. The molecule has 0 fully saturated rings. The second-order valence-corrected chi connectivity index (χ2v) is 4.43. The zero-order valence-corrected chi connectivity index (χ0v) is 10.2. The molecule has 0 aromatic rings. The van der Waals surface area contributed by atoms with Gasteiger partial charge in [0.05, 0.1) is 11.6 Å². The number of amides is 1. The molecule has 0 radical (unpaired) electrons. The molecule has 0 aromatic carbocycles. The first kappa shape index (κ1) is 13.4. The maximum absolute atomic E-state index is 11.5. The SMILES string of the molecule is CC[C@@H](NC(=O)C(C)C)C(C)(C)OC. The second kappa shape index (κ2) is 5.35. The molecule has 14 heavy (non-hydrogen) atoms. The molecule has 0 aliphatic carbocycles. The largest absolute Gasteiger partial charge is 0.377 e. The molecular weight excluding hydrogens is 178 g/mol. The predicted molar refractivity (Wildman–Crippen MR) is 58.1 cm³/mol. The van der Waals surface area contributed by atoms with Crippen molar-refractivity contribution in [1.82, 2.24) is 5.32 Å². The van der Waals surface area contributed by atoms with Crippen LogP contribution < -0.4 is 5.32 Å². The fraction of sp³-hybridized carbons (Fsp3) is 0.909. The molecule has 3 heteroatoms. The third-order valence-corrected chi connectivity index (χ3v) is 2.61. The molecule has 0 saturated carbocycles. The van der Waals surface area contributed by atoms with E-state index in [4.69, 9.17) is 4.74 Å². The molecule has 0 bridgehead atoms. The molecule has 0 spiro atoms. The summed E-state index contributed by atoms with van der Waals surface area (Å²) in [5.41, 5.74) is -0.306. The lowest BCUT2D eigenvalue weighted by Gasteiger charge is -2.33. The van der Waals surface area contributed by atoms with Crippen molar-refractivity contribution in [2.24, 2.45) is 5.92 Å². The lowest BCUT2D eigenvalue weighted by atomic mass is 9.95. The summed E-state index contributed by atoms with van der Waals surface area (Å²) in [6, 6.07) is 0.0717. The van der Waals surface area contributed by atoms with Gasteiger partial charge in [-0.1, -0.05) is 20.8 Å². The Hall–Kier alpha value is -0.570. The molecule has 0 aliphatic rings. The van der Waals surface area contributed by atoms with E-state index in [-0.39, 0.29) is 23.5 Å². The topological polar surface area (TPSA) is 38.3 Å². The van der Waals surface area contributed by atoms with Gasteiger partial charge in [0.2, 0.25) is 5.91 Å². The first-order chi connectivity index (χ1) is 6.35. The maximum Gasteiger partial charge on any atom is 0.222 e. The van der Waals surface area contributed by atoms with E-state index in [0.29, 0.717) is 0 Å². The highest BCUT2D eigenvalue weighted by Gasteiger charge is 2.29. The highest BCUT2D eigenvalue weighted by molar-refractivity contribution is 5.78. The quantitative estimate of drug-likeness (QED) is 0.738. The van der Waals surface area contributed by atoms with Crippen LogP contribution in [0.3, 0.4) is 0 Å². The summed E-state index contributed by atoms with van der Waals surface area (Å²) in [6.45, 7) is 9.80. The second-order valence-electron chi connectivity index (χ2n) is 4.43. The van der Waals surface area contributed by atoms with Crippen LogP contribution in [-0.4, -0.2) is 24.7 Å². The number of carbonyl (C=O) groups is 1. The minimum absolute atomic E-state index is 0.0247. The van der Waals surface area contributed by atoms with Crippen molar-refractivity contribution in [1.29, 1.82) is 0 Å². The summed E-state index contributed by atoms with van der Waals surface area (Å²) < 4.78 is 5.36. The molecule has 0 aliphatic heterocycles. The third kappa shape index (κ3) is 3.66. The van der Waals surface area contributed by atoms with Crippen LogP contribution >= 0.6 is 0 Å². The van der Waals surface area contributed by atoms with Crippen LogP contribution in [0, 0.1) is 5.92 Å². The van der Waals surface area contributed by atoms with E-state index in [1.54, 1.807) is 7.11 Å². The zero-order chi connectivity index (χ0) is 11.4. The Morgan fingerprint density at radius 1 is 1.43 bits per heavy atom. The number of ether oxygens (including phenoxy) is 1. The average Bonchev–Trinajstić information content (AvgIpc) is 2.13. The van der Waals surface area contributed by atoms with Gasteiger partial charge in [-0.3, -0.25) is 4.79 Å². The molecule has 1 amide bonds. The van der Waals surface area contributed by atoms with Gasteiger partial charge in [0, 0.05) is 13.0 Å². The smallest absolute Gasteiger partial charge is 0.222 e. The Kier molecular flexibility index (Phi) is 5.13. The molecule has 0 unspecified atom stereocenters. The molecule has 84 valence electrons. The summed E-state index contributed by atoms with van der Waals surface area (Å²) in [5.74, 6) is 0.110. The fourth-order valence-electron chi connectivity index (χ4n) is 1.25. The number of methoxy groups -OCH3 is 1. The highest BCUT2D eigenvalue weighted by atomic mass is 16.5. The van der Waals surface area contributed by atoms with E-state index in [1.165, 1.54) is 0 Å². The molecule has 1 N–H and O–H groups in total. The van der Waals surface area contributed by atoms with E-state index in [0.717, 1.165) is 6.42 Å². The van der Waals surface area contributed by atoms with Crippen molar-refractivity contribution in [3.05, 3.63) is 0 Å². The maximum atomic E-state index is 11.5. The van der Waals surface area contributed by atoms with E-state index >= 15 is 0 Å². The van der Waals surface area contributed by atoms with Crippen LogP contribution in [0.25, 0.3) is 0 Å². The summed E-state index contributed by atoms with van der Waals surface area (Å²) >= 11 is 0. The Balaban J connectivity index is 4.37. The molecule has 0 aromatic heterocycles. The van der Waals surface area contributed by atoms with Crippen molar-refractivity contribution in [3.8, 4) is 0 Å². The number of nitrogens with one attached hydrogen (secondary N) is 1. The van der Waals surface area contributed by atoms with Crippen LogP contribution in [0.1, 0.15) is 41.0 Å². The predicted octanol–water partition coefficient (Wildman–Crippen LogP) is 1.96. The monoisotopic (exact) mass is 201 g/mol. The Bertz CT molecular complexity index is 188. The van der Waals surface area contributed by atoms with E-state index in [1.807, 2.05) is 34.6 Å². The molecular formula is C11H23NO2. The Labute approximate surface area is 87.2 Å². The first-order valence-electron chi connectivity index (χ1n) is 5.20. The lowest BCUT2D eigenvalue weighted by Crippen LogP contribution is -2.50. The Morgan fingerprint density at radius 3 is 2.21 bits per heavy atom. The average molecular weight is 201 g/mol. The van der Waals surface area contributed by atoms with E-state index in [9.17, 15) is 4.79 Å². The van der Waals surface area contributed by atoms with Gasteiger partial charge in [-0.05, 0) is 20.3 Å². The zero-order valence-electron chi connectivity index (χ0n) is 10.2. The van der Waals surface area contributed by atoms with E-state index in [2.05, 4.69) is 5.32 Å². The Morgan fingerprint density at radius 2 is 1.93 bits per heavy atom. The lowest BCUT2D eigenvalue weighted by molar-refractivity contribution is -0.127.